The highest BCUT2D eigenvalue weighted by molar-refractivity contribution is 8.01. The van der Waals surface area contributed by atoms with Gasteiger partial charge in [-0.3, -0.25) is 4.79 Å². The number of allylic oxidation sites excluding steroid dienone is 1. The second kappa shape index (κ2) is 5.33. The third-order valence-electron chi connectivity index (χ3n) is 3.60. The molecule has 1 unspecified atom stereocenters. The average molecular weight is 284 g/mol. The van der Waals surface area contributed by atoms with Gasteiger partial charge in [0.25, 0.3) is 0 Å². The Hall–Kier alpha value is -1.74. The van der Waals surface area contributed by atoms with Gasteiger partial charge in [-0.15, -0.1) is 0 Å². The Morgan fingerprint density at radius 3 is 2.75 bits per heavy atom. The summed E-state index contributed by atoms with van der Waals surface area (Å²) in [5, 5.41) is 7.05. The summed E-state index contributed by atoms with van der Waals surface area (Å²) in [5.74, 6) is 1.22. The summed E-state index contributed by atoms with van der Waals surface area (Å²) in [7, 11) is 0.00397. The monoisotopic (exact) mass is 284 g/mol. The molecule has 2 nitrogen and oxygen atoms in total. The van der Waals surface area contributed by atoms with E-state index < -0.39 is 0 Å². The first-order chi connectivity index (χ1) is 9.74. The predicted molar refractivity (Wildman–Crippen MR) is 87.1 cm³/mol. The smallest absolute Gasteiger partial charge is 0.234 e. The van der Waals surface area contributed by atoms with Gasteiger partial charge in [-0.25, -0.2) is 0 Å². The number of nitrogens with one attached hydrogen (secondary N) is 1. The first kappa shape index (κ1) is 13.3. The molecule has 0 spiro atoms. The molecule has 1 heterocycles. The van der Waals surface area contributed by atoms with Crippen LogP contribution in [0.3, 0.4) is 0 Å². The summed E-state index contributed by atoms with van der Waals surface area (Å²) < 4.78 is 0. The van der Waals surface area contributed by atoms with Crippen LogP contribution in [-0.4, -0.2) is 11.5 Å². The van der Waals surface area contributed by atoms with Crippen LogP contribution in [0.1, 0.15) is 20.3 Å². The number of carbonyl (C=O) groups excluding carboxylic acids is 1. The lowest BCUT2D eigenvalue weighted by Crippen LogP contribution is -2.08. The average Bonchev–Trinajstić information content (AvgIpc) is 2.84. The van der Waals surface area contributed by atoms with Crippen molar-refractivity contribution in [2.24, 2.45) is 0 Å². The van der Waals surface area contributed by atoms with E-state index in [0.717, 1.165) is 10.8 Å². The molecule has 1 aliphatic heterocycles. The first-order valence-electron chi connectivity index (χ1n) is 6.98. The Labute approximate surface area is 122 Å². The highest BCUT2D eigenvalue weighted by atomic mass is 32.2. The Balaban J connectivity index is 2.14. The third kappa shape index (κ3) is 2.12. The minimum Gasteiger partial charge on any atom is -0.311 e. The summed E-state index contributed by atoms with van der Waals surface area (Å²) in [5.41, 5.74) is 1.18. The Kier molecular flexibility index (Phi) is 3.53. The summed E-state index contributed by atoms with van der Waals surface area (Å²) in [4.78, 5) is 13.1. The molecule has 0 radical (unpaired) electrons. The van der Waals surface area contributed by atoms with E-state index in [0.29, 0.717) is 6.42 Å². The molecular formula is C17H18NOS+. The van der Waals surface area contributed by atoms with Gasteiger partial charge in [-0.05, 0) is 24.4 Å². The molecule has 20 heavy (non-hydrogen) atoms. The van der Waals surface area contributed by atoms with Crippen LogP contribution in [0.2, 0.25) is 0 Å². The molecule has 3 heteroatoms. The van der Waals surface area contributed by atoms with Gasteiger partial charge < -0.3 is 5.32 Å². The second-order valence-electron chi connectivity index (χ2n) is 4.79. The van der Waals surface area contributed by atoms with Gasteiger partial charge in [0.05, 0.1) is 17.0 Å². The summed E-state index contributed by atoms with van der Waals surface area (Å²) in [6.07, 6.45) is 2.35. The van der Waals surface area contributed by atoms with E-state index in [1.807, 2.05) is 6.92 Å². The van der Waals surface area contributed by atoms with Crippen molar-refractivity contribution in [1.82, 2.24) is 0 Å². The molecule has 2 aromatic rings. The van der Waals surface area contributed by atoms with Crippen LogP contribution >= 0.6 is 0 Å². The predicted octanol–water partition coefficient (Wildman–Crippen LogP) is 4.08. The number of benzene rings is 2. The molecule has 3 rings (SSSR count). The topological polar surface area (TPSA) is 29.1 Å². The largest absolute Gasteiger partial charge is 0.311 e. The maximum absolute atomic E-state index is 11.7. The van der Waals surface area contributed by atoms with Crippen LogP contribution in [-0.2, 0) is 15.7 Å². The quantitative estimate of drug-likeness (QED) is 0.679. The summed E-state index contributed by atoms with van der Waals surface area (Å²) in [6, 6.07) is 12.8. The van der Waals surface area contributed by atoms with E-state index in [4.69, 9.17) is 0 Å². The standard InChI is InChI=1S/C17H17NOS/c1-3-13(19)11-16-18-17-14-8-6-5-7-12(14)9-10-15(17)20(16)4-2/h5-11H,3-4H2,1-2H3/p+1. The van der Waals surface area contributed by atoms with Crippen LogP contribution in [0.5, 0.6) is 0 Å². The third-order valence-corrected chi connectivity index (χ3v) is 5.80. The van der Waals surface area contributed by atoms with E-state index in [9.17, 15) is 4.79 Å². The highest BCUT2D eigenvalue weighted by Gasteiger charge is 2.37. The van der Waals surface area contributed by atoms with Crippen molar-refractivity contribution >= 4 is 33.1 Å². The lowest BCUT2D eigenvalue weighted by molar-refractivity contribution is -0.114. The van der Waals surface area contributed by atoms with Gasteiger partial charge in [-0.2, -0.15) is 0 Å². The normalized spacial score (nSPS) is 19.1. The maximum Gasteiger partial charge on any atom is 0.234 e. The first-order valence-corrected chi connectivity index (χ1v) is 8.38. The van der Waals surface area contributed by atoms with Crippen molar-refractivity contribution in [3.8, 4) is 0 Å². The summed E-state index contributed by atoms with van der Waals surface area (Å²) in [6.45, 7) is 4.08. The minimum atomic E-state index is 0.00397. The van der Waals surface area contributed by atoms with Crippen LogP contribution in [0.4, 0.5) is 5.69 Å². The lowest BCUT2D eigenvalue weighted by atomic mass is 10.1. The molecule has 0 saturated carbocycles. The fraction of sp³-hybridized carbons (Fsp3) is 0.235. The molecule has 102 valence electrons. The fourth-order valence-electron chi connectivity index (χ4n) is 2.56. The fourth-order valence-corrected chi connectivity index (χ4v) is 4.55. The molecule has 0 bridgehead atoms. The number of anilines is 1. The zero-order valence-electron chi connectivity index (χ0n) is 11.8. The van der Waals surface area contributed by atoms with E-state index in [1.165, 1.54) is 21.4 Å². The van der Waals surface area contributed by atoms with Crippen molar-refractivity contribution in [3.05, 3.63) is 47.5 Å². The zero-order chi connectivity index (χ0) is 14.1. The van der Waals surface area contributed by atoms with Gasteiger partial charge >= 0.3 is 0 Å². The molecule has 1 N–H and O–H groups in total. The van der Waals surface area contributed by atoms with Crippen molar-refractivity contribution in [3.63, 3.8) is 0 Å². The van der Waals surface area contributed by atoms with Gasteiger partial charge in [0.2, 0.25) is 5.03 Å². The van der Waals surface area contributed by atoms with Crippen molar-refractivity contribution in [2.75, 3.05) is 11.1 Å². The van der Waals surface area contributed by atoms with E-state index in [1.54, 1.807) is 6.08 Å². The maximum atomic E-state index is 11.7. The molecule has 2 aromatic carbocycles. The van der Waals surface area contributed by atoms with Crippen molar-refractivity contribution in [2.45, 2.75) is 25.2 Å². The molecule has 0 aromatic heterocycles. The van der Waals surface area contributed by atoms with E-state index in [-0.39, 0.29) is 16.7 Å². The second-order valence-corrected chi connectivity index (χ2v) is 7.03. The van der Waals surface area contributed by atoms with Gasteiger partial charge in [0.15, 0.2) is 10.7 Å². The van der Waals surface area contributed by atoms with Crippen LogP contribution < -0.4 is 5.32 Å². The molecular weight excluding hydrogens is 266 g/mol. The summed E-state index contributed by atoms with van der Waals surface area (Å²) >= 11 is 0. The van der Waals surface area contributed by atoms with Crippen molar-refractivity contribution in [1.29, 1.82) is 0 Å². The Bertz CT molecular complexity index is 705. The van der Waals surface area contributed by atoms with E-state index >= 15 is 0 Å². The number of carbonyl (C=O) groups is 1. The van der Waals surface area contributed by atoms with E-state index in [2.05, 4.69) is 48.6 Å². The lowest BCUT2D eigenvalue weighted by Gasteiger charge is -2.01. The molecule has 1 aliphatic rings. The van der Waals surface area contributed by atoms with Gasteiger partial charge in [0.1, 0.15) is 11.4 Å². The van der Waals surface area contributed by atoms with Crippen LogP contribution in [0, 0.1) is 0 Å². The number of hydrogen-bond donors (Lipinski definition) is 1. The van der Waals surface area contributed by atoms with Gasteiger partial charge in [0, 0.05) is 11.8 Å². The molecule has 0 saturated heterocycles. The molecule has 1 atom stereocenters. The van der Waals surface area contributed by atoms with Crippen LogP contribution in [0.25, 0.3) is 10.8 Å². The van der Waals surface area contributed by atoms with Crippen LogP contribution in [0.15, 0.2) is 52.4 Å². The molecule has 0 aliphatic carbocycles. The molecule has 0 amide bonds. The number of hydrogen-bond acceptors (Lipinski definition) is 2. The zero-order valence-corrected chi connectivity index (χ0v) is 12.6. The number of rotatable bonds is 3. The van der Waals surface area contributed by atoms with Gasteiger partial charge in [-0.1, -0.05) is 31.2 Å². The minimum absolute atomic E-state index is 0.00397. The SMILES string of the molecule is CCC(=O)C=C1Nc2c(ccc3ccccc23)[S+]1CC. The number of ketones is 1. The molecule has 0 fully saturated rings. The Morgan fingerprint density at radius 2 is 2.00 bits per heavy atom. The number of fused-ring (bicyclic) bond motifs is 3. The Morgan fingerprint density at radius 1 is 1.20 bits per heavy atom. The highest BCUT2D eigenvalue weighted by Crippen LogP contribution is 2.41. The van der Waals surface area contributed by atoms with Crippen molar-refractivity contribution < 1.29 is 4.79 Å².